The summed E-state index contributed by atoms with van der Waals surface area (Å²) in [5, 5.41) is 2.69. The zero-order valence-electron chi connectivity index (χ0n) is 8.81. The van der Waals surface area contributed by atoms with E-state index in [2.05, 4.69) is 17.5 Å². The molecule has 0 atom stereocenters. The van der Waals surface area contributed by atoms with Crippen LogP contribution in [-0.2, 0) is 11.3 Å². The summed E-state index contributed by atoms with van der Waals surface area (Å²) < 4.78 is 4.96. The van der Waals surface area contributed by atoms with E-state index >= 15 is 0 Å². The van der Waals surface area contributed by atoms with Crippen molar-refractivity contribution in [1.29, 1.82) is 0 Å². The molecule has 0 aromatic heterocycles. The average molecular weight is 238 g/mol. The van der Waals surface area contributed by atoms with Gasteiger partial charge in [0.2, 0.25) is 0 Å². The van der Waals surface area contributed by atoms with Gasteiger partial charge in [0.15, 0.2) is 0 Å². The molecule has 0 heterocycles. The molecular weight excluding hydrogens is 224 g/mol. The maximum Gasteiger partial charge on any atom is 0.251 e. The largest absolute Gasteiger partial charge is 0.485 e. The van der Waals surface area contributed by atoms with E-state index in [4.69, 9.17) is 10.5 Å². The van der Waals surface area contributed by atoms with E-state index in [0.29, 0.717) is 25.3 Å². The highest BCUT2D eigenvalue weighted by Gasteiger charge is 2.03. The Morgan fingerprint density at radius 3 is 2.69 bits per heavy atom. The van der Waals surface area contributed by atoms with Crippen LogP contribution >= 0.6 is 12.2 Å². The van der Waals surface area contributed by atoms with Crippen LogP contribution in [0.2, 0.25) is 0 Å². The molecule has 0 radical (unpaired) electrons. The van der Waals surface area contributed by atoms with Crippen LogP contribution < -0.4 is 11.1 Å². The molecule has 0 bridgehead atoms. The number of benzene rings is 1. The molecule has 0 spiro atoms. The molecule has 4 nitrogen and oxygen atoms in total. The molecule has 0 unspecified atom stereocenters. The minimum absolute atomic E-state index is 0.118. The van der Waals surface area contributed by atoms with Crippen molar-refractivity contribution in [2.24, 2.45) is 5.73 Å². The number of carbonyl (C=O) groups is 1. The van der Waals surface area contributed by atoms with Crippen LogP contribution in [0.3, 0.4) is 0 Å². The molecule has 1 aromatic rings. The summed E-state index contributed by atoms with van der Waals surface area (Å²) in [5.41, 5.74) is 8.09. The van der Waals surface area contributed by atoms with Crippen molar-refractivity contribution in [3.63, 3.8) is 0 Å². The number of amides is 1. The van der Waals surface area contributed by atoms with Gasteiger partial charge in [-0.3, -0.25) is 4.79 Å². The Morgan fingerprint density at radius 1 is 1.44 bits per heavy atom. The SMILES string of the molecule is NCCNC(=O)c1ccc(COC=S)cc1. The van der Waals surface area contributed by atoms with Gasteiger partial charge < -0.3 is 15.8 Å². The van der Waals surface area contributed by atoms with E-state index in [1.807, 2.05) is 12.1 Å². The van der Waals surface area contributed by atoms with E-state index in [1.165, 1.54) is 5.55 Å². The van der Waals surface area contributed by atoms with Gasteiger partial charge in [-0.2, -0.15) is 0 Å². The van der Waals surface area contributed by atoms with Crippen molar-refractivity contribution < 1.29 is 9.53 Å². The Bertz CT molecular complexity index is 352. The number of nitrogens with one attached hydrogen (secondary N) is 1. The normalized spacial score (nSPS) is 9.56. The first kappa shape index (κ1) is 12.6. The summed E-state index contributed by atoms with van der Waals surface area (Å²) in [6, 6.07) is 7.15. The van der Waals surface area contributed by atoms with Gasteiger partial charge in [-0.25, -0.2) is 0 Å². The van der Waals surface area contributed by atoms with Gasteiger partial charge >= 0.3 is 0 Å². The molecule has 1 amide bonds. The fourth-order valence-electron chi connectivity index (χ4n) is 1.17. The highest BCUT2D eigenvalue weighted by molar-refractivity contribution is 7.78. The third kappa shape index (κ3) is 3.96. The minimum Gasteiger partial charge on any atom is -0.485 e. The molecule has 0 fully saturated rings. The number of carbonyl (C=O) groups excluding carboxylic acids is 1. The van der Waals surface area contributed by atoms with E-state index < -0.39 is 0 Å². The van der Waals surface area contributed by atoms with Crippen LogP contribution in [0.4, 0.5) is 0 Å². The summed E-state index contributed by atoms with van der Waals surface area (Å²) in [5.74, 6) is -0.118. The maximum absolute atomic E-state index is 11.5. The van der Waals surface area contributed by atoms with E-state index in [1.54, 1.807) is 12.1 Å². The van der Waals surface area contributed by atoms with Crippen LogP contribution in [0.5, 0.6) is 0 Å². The molecule has 1 aromatic carbocycles. The molecule has 5 heteroatoms. The lowest BCUT2D eigenvalue weighted by atomic mass is 10.1. The second kappa shape index (κ2) is 6.92. The zero-order valence-corrected chi connectivity index (χ0v) is 9.63. The van der Waals surface area contributed by atoms with Crippen LogP contribution in [0.1, 0.15) is 15.9 Å². The number of hydrogen-bond acceptors (Lipinski definition) is 4. The van der Waals surface area contributed by atoms with Gasteiger partial charge in [-0.05, 0) is 29.9 Å². The smallest absolute Gasteiger partial charge is 0.251 e. The van der Waals surface area contributed by atoms with Gasteiger partial charge in [-0.15, -0.1) is 0 Å². The van der Waals surface area contributed by atoms with E-state index in [-0.39, 0.29) is 5.91 Å². The monoisotopic (exact) mass is 238 g/mol. The second-order valence-electron chi connectivity index (χ2n) is 3.15. The van der Waals surface area contributed by atoms with Crippen molar-refractivity contribution in [3.05, 3.63) is 35.4 Å². The summed E-state index contributed by atoms with van der Waals surface area (Å²) >= 11 is 4.54. The minimum atomic E-state index is -0.118. The lowest BCUT2D eigenvalue weighted by Gasteiger charge is -2.04. The third-order valence-electron chi connectivity index (χ3n) is 1.96. The Labute approximate surface area is 99.8 Å². The molecule has 3 N–H and O–H groups in total. The molecule has 0 aliphatic carbocycles. The molecule has 0 saturated heterocycles. The maximum atomic E-state index is 11.5. The van der Waals surface area contributed by atoms with Gasteiger partial charge in [0.25, 0.3) is 5.91 Å². The molecule has 0 aliphatic heterocycles. The number of hydrogen-bond donors (Lipinski definition) is 2. The van der Waals surface area contributed by atoms with E-state index in [0.717, 1.165) is 5.56 Å². The first-order valence-electron chi connectivity index (χ1n) is 4.90. The van der Waals surface area contributed by atoms with Crippen LogP contribution in [0, 0.1) is 0 Å². The molecule has 86 valence electrons. The van der Waals surface area contributed by atoms with Crippen molar-refractivity contribution in [1.82, 2.24) is 5.32 Å². The summed E-state index contributed by atoms with van der Waals surface area (Å²) in [7, 11) is 0. The highest BCUT2D eigenvalue weighted by Crippen LogP contribution is 2.05. The molecular formula is C11H14N2O2S. The second-order valence-corrected chi connectivity index (χ2v) is 3.34. The summed E-state index contributed by atoms with van der Waals surface area (Å²) in [6.45, 7) is 1.34. The Balaban J connectivity index is 2.56. The van der Waals surface area contributed by atoms with Gasteiger partial charge in [0, 0.05) is 18.7 Å². The Kier molecular flexibility index (Phi) is 5.45. The van der Waals surface area contributed by atoms with Crippen LogP contribution in [0.25, 0.3) is 0 Å². The highest BCUT2D eigenvalue weighted by atomic mass is 32.1. The number of thiocarbonyl (C=S) groups is 1. The van der Waals surface area contributed by atoms with Crippen molar-refractivity contribution >= 4 is 23.7 Å². The fraction of sp³-hybridized carbons (Fsp3) is 0.273. The molecule has 1 rings (SSSR count). The predicted molar refractivity (Wildman–Crippen MR) is 66.3 cm³/mol. The lowest BCUT2D eigenvalue weighted by molar-refractivity contribution is 0.0954. The summed E-state index contributed by atoms with van der Waals surface area (Å²) in [6.07, 6.45) is 0. The zero-order chi connectivity index (χ0) is 11.8. The Hall–Kier alpha value is -1.46. The first-order chi connectivity index (χ1) is 7.77. The number of ether oxygens (including phenoxy) is 1. The van der Waals surface area contributed by atoms with Crippen molar-refractivity contribution in [3.8, 4) is 0 Å². The third-order valence-corrected chi connectivity index (χ3v) is 2.10. The molecule has 0 saturated carbocycles. The quantitative estimate of drug-likeness (QED) is 0.721. The molecule has 0 aliphatic rings. The first-order valence-corrected chi connectivity index (χ1v) is 5.37. The topological polar surface area (TPSA) is 64.3 Å². The van der Waals surface area contributed by atoms with Gasteiger partial charge in [0.1, 0.15) is 12.2 Å². The van der Waals surface area contributed by atoms with E-state index in [9.17, 15) is 4.79 Å². The number of rotatable bonds is 6. The van der Waals surface area contributed by atoms with Crippen molar-refractivity contribution in [2.75, 3.05) is 13.1 Å². The lowest BCUT2D eigenvalue weighted by Crippen LogP contribution is -2.28. The standard InChI is InChI=1S/C11H14N2O2S/c12-5-6-13-11(14)10-3-1-9(2-4-10)7-15-8-16/h1-4,8H,5-7,12H2,(H,13,14). The van der Waals surface area contributed by atoms with Crippen LogP contribution in [0.15, 0.2) is 24.3 Å². The molecule has 16 heavy (non-hydrogen) atoms. The average Bonchev–Trinajstić information content (AvgIpc) is 2.34. The predicted octanol–water partition coefficient (Wildman–Crippen LogP) is 0.849. The fourth-order valence-corrected chi connectivity index (χ4v) is 1.24. The van der Waals surface area contributed by atoms with Gasteiger partial charge in [0.05, 0.1) is 0 Å². The summed E-state index contributed by atoms with van der Waals surface area (Å²) in [4.78, 5) is 11.5. The van der Waals surface area contributed by atoms with Crippen LogP contribution in [-0.4, -0.2) is 24.6 Å². The van der Waals surface area contributed by atoms with Crippen molar-refractivity contribution in [2.45, 2.75) is 6.61 Å². The number of nitrogens with two attached hydrogens (primary N) is 1. The Morgan fingerprint density at radius 2 is 2.12 bits per heavy atom. The van der Waals surface area contributed by atoms with Gasteiger partial charge in [-0.1, -0.05) is 12.1 Å².